The normalized spacial score (nSPS) is 15.6. The molecule has 0 bridgehead atoms. The van der Waals surface area contributed by atoms with E-state index in [1.165, 1.54) is 12.8 Å². The molecule has 4 nitrogen and oxygen atoms in total. The Morgan fingerprint density at radius 2 is 2.12 bits per heavy atom. The average Bonchev–Trinajstić information content (AvgIpc) is 3.42. The molecule has 1 aliphatic carbocycles. The lowest BCUT2D eigenvalue weighted by Gasteiger charge is -2.27. The predicted octanol–water partition coefficient (Wildman–Crippen LogP) is 4.16. The van der Waals surface area contributed by atoms with E-state index in [-0.39, 0.29) is 11.5 Å². The molecule has 4 rings (SSSR count). The minimum atomic E-state index is 0.000424. The monoisotopic (exact) mass is 353 g/mol. The fourth-order valence-corrected chi connectivity index (χ4v) is 3.75. The van der Waals surface area contributed by atoms with E-state index < -0.39 is 0 Å². The van der Waals surface area contributed by atoms with Crippen LogP contribution in [0, 0.1) is 5.92 Å². The summed E-state index contributed by atoms with van der Waals surface area (Å²) in [5.74, 6) is 0.635. The molecule has 2 aromatic heterocycles. The zero-order valence-electron chi connectivity index (χ0n) is 14.1. The summed E-state index contributed by atoms with van der Waals surface area (Å²) in [5.41, 5.74) is 2.67. The first-order chi connectivity index (χ1) is 12.1. The fraction of sp³-hybridized carbons (Fsp3) is 0.300. The van der Waals surface area contributed by atoms with Gasteiger partial charge in [-0.05, 0) is 50.1 Å². The highest BCUT2D eigenvalue weighted by atomic mass is 35.5. The van der Waals surface area contributed by atoms with Gasteiger partial charge < -0.3 is 4.98 Å². The summed E-state index contributed by atoms with van der Waals surface area (Å²) >= 11 is 6.26. The Labute approximate surface area is 151 Å². The molecule has 2 heterocycles. The molecule has 0 radical (unpaired) electrons. The van der Waals surface area contributed by atoms with Gasteiger partial charge in [0.15, 0.2) is 5.43 Å². The molecule has 0 unspecified atom stereocenters. The number of pyridine rings is 2. The Bertz CT molecular complexity index is 950. The molecule has 1 aromatic carbocycles. The second kappa shape index (κ2) is 6.62. The topological polar surface area (TPSA) is 49.0 Å². The number of nitrogens with one attached hydrogen (secondary N) is 1. The summed E-state index contributed by atoms with van der Waals surface area (Å²) < 4.78 is 0. The lowest BCUT2D eigenvalue weighted by molar-refractivity contribution is 0.206. The minimum absolute atomic E-state index is 0.000424. The molecule has 0 aliphatic heterocycles. The van der Waals surface area contributed by atoms with E-state index in [4.69, 9.17) is 11.6 Å². The van der Waals surface area contributed by atoms with Crippen LogP contribution in [-0.2, 0) is 6.54 Å². The maximum absolute atomic E-state index is 12.4. The van der Waals surface area contributed by atoms with Crippen molar-refractivity contribution in [3.63, 3.8) is 0 Å². The van der Waals surface area contributed by atoms with Gasteiger partial charge in [0.05, 0.1) is 22.3 Å². The number of H-pyrrole nitrogens is 1. The first kappa shape index (κ1) is 16.3. The van der Waals surface area contributed by atoms with Gasteiger partial charge in [0.2, 0.25) is 0 Å². The summed E-state index contributed by atoms with van der Waals surface area (Å²) in [5, 5.41) is 1.20. The molecule has 25 heavy (non-hydrogen) atoms. The Morgan fingerprint density at radius 3 is 2.84 bits per heavy atom. The molecule has 0 saturated heterocycles. The third-order valence-corrected chi connectivity index (χ3v) is 5.14. The highest BCUT2D eigenvalue weighted by molar-refractivity contribution is 6.35. The van der Waals surface area contributed by atoms with Crippen LogP contribution in [0.3, 0.4) is 0 Å². The molecule has 1 atom stereocenters. The Morgan fingerprint density at radius 1 is 1.28 bits per heavy atom. The lowest BCUT2D eigenvalue weighted by atomic mass is 10.1. The second-order valence-electron chi connectivity index (χ2n) is 6.77. The number of aromatic nitrogens is 2. The van der Waals surface area contributed by atoms with Gasteiger partial charge in [-0.1, -0.05) is 23.7 Å². The molecular formula is C20H20ClN3O. The van der Waals surface area contributed by atoms with Crippen LogP contribution in [-0.4, -0.2) is 21.9 Å². The lowest BCUT2D eigenvalue weighted by Crippen LogP contribution is -2.27. The smallest absolute Gasteiger partial charge is 0.189 e. The van der Waals surface area contributed by atoms with Gasteiger partial charge in [-0.3, -0.25) is 14.7 Å². The van der Waals surface area contributed by atoms with Crippen LogP contribution in [0.4, 0.5) is 0 Å². The predicted molar refractivity (Wildman–Crippen MR) is 101 cm³/mol. The van der Waals surface area contributed by atoms with Gasteiger partial charge in [-0.15, -0.1) is 0 Å². The number of rotatable bonds is 5. The van der Waals surface area contributed by atoms with Crippen molar-refractivity contribution in [2.45, 2.75) is 25.4 Å². The minimum Gasteiger partial charge on any atom is -0.356 e. The standard InChI is InChI=1S/C20H20ClN3O/c1-24(20(13-8-9-13)17-7-2-3-10-22-17)12-14-11-18(25)15-5-4-6-16(21)19(15)23-14/h2-7,10-11,13,20H,8-9,12H2,1H3,(H,23,25)/t20-/m1/s1. The van der Waals surface area contributed by atoms with Crippen molar-refractivity contribution in [2.24, 2.45) is 5.92 Å². The van der Waals surface area contributed by atoms with Crippen molar-refractivity contribution < 1.29 is 0 Å². The summed E-state index contributed by atoms with van der Waals surface area (Å²) in [4.78, 5) is 22.6. The largest absolute Gasteiger partial charge is 0.356 e. The van der Waals surface area contributed by atoms with E-state index in [0.717, 1.165) is 11.4 Å². The number of hydrogen-bond acceptors (Lipinski definition) is 3. The molecule has 3 aromatic rings. The molecule has 5 heteroatoms. The third-order valence-electron chi connectivity index (χ3n) is 4.82. The number of aromatic amines is 1. The fourth-order valence-electron chi connectivity index (χ4n) is 3.53. The molecule has 1 N–H and O–H groups in total. The second-order valence-corrected chi connectivity index (χ2v) is 7.18. The van der Waals surface area contributed by atoms with E-state index >= 15 is 0 Å². The van der Waals surface area contributed by atoms with E-state index in [1.807, 2.05) is 18.3 Å². The first-order valence-corrected chi connectivity index (χ1v) is 8.93. The van der Waals surface area contributed by atoms with E-state index in [2.05, 4.69) is 28.0 Å². The van der Waals surface area contributed by atoms with Gasteiger partial charge in [-0.2, -0.15) is 0 Å². The third kappa shape index (κ3) is 3.32. The van der Waals surface area contributed by atoms with Crippen LogP contribution in [0.2, 0.25) is 5.02 Å². The molecule has 0 amide bonds. The molecule has 0 spiro atoms. The first-order valence-electron chi connectivity index (χ1n) is 8.55. The van der Waals surface area contributed by atoms with Gasteiger partial charge in [-0.25, -0.2) is 0 Å². The highest BCUT2D eigenvalue weighted by Gasteiger charge is 2.35. The SMILES string of the molecule is CN(Cc1cc(=O)c2cccc(Cl)c2[nH]1)[C@@H](c1ccccn1)C1CC1. The summed E-state index contributed by atoms with van der Waals surface area (Å²) in [6, 6.07) is 13.4. The molecule has 1 aliphatic rings. The zero-order chi connectivity index (χ0) is 17.4. The van der Waals surface area contributed by atoms with Gasteiger partial charge in [0.1, 0.15) is 0 Å². The van der Waals surface area contributed by atoms with Crippen LogP contribution in [0.15, 0.2) is 53.5 Å². The van der Waals surface area contributed by atoms with Crippen LogP contribution >= 0.6 is 11.6 Å². The maximum atomic E-state index is 12.4. The molecule has 1 fully saturated rings. The number of halogens is 1. The molecule has 1 saturated carbocycles. The molecule has 128 valence electrons. The van der Waals surface area contributed by atoms with E-state index in [0.29, 0.717) is 28.4 Å². The Hall–Kier alpha value is -2.17. The number of para-hydroxylation sites is 1. The maximum Gasteiger partial charge on any atom is 0.189 e. The number of benzene rings is 1. The van der Waals surface area contributed by atoms with Crippen LogP contribution in [0.1, 0.15) is 30.3 Å². The van der Waals surface area contributed by atoms with Crippen LogP contribution in [0.25, 0.3) is 10.9 Å². The van der Waals surface area contributed by atoms with Crippen molar-refractivity contribution in [3.05, 3.63) is 75.3 Å². The van der Waals surface area contributed by atoms with Crippen molar-refractivity contribution in [2.75, 3.05) is 7.05 Å². The van der Waals surface area contributed by atoms with Crippen LogP contribution in [0.5, 0.6) is 0 Å². The number of fused-ring (bicyclic) bond motifs is 1. The van der Waals surface area contributed by atoms with Crippen molar-refractivity contribution in [1.29, 1.82) is 0 Å². The zero-order valence-corrected chi connectivity index (χ0v) is 14.8. The average molecular weight is 354 g/mol. The molecular weight excluding hydrogens is 334 g/mol. The van der Waals surface area contributed by atoms with Gasteiger partial charge >= 0.3 is 0 Å². The van der Waals surface area contributed by atoms with Crippen molar-refractivity contribution in [1.82, 2.24) is 14.9 Å². The number of nitrogens with zero attached hydrogens (tertiary/aromatic N) is 2. The van der Waals surface area contributed by atoms with E-state index in [9.17, 15) is 4.79 Å². The van der Waals surface area contributed by atoms with Crippen molar-refractivity contribution >= 4 is 22.5 Å². The summed E-state index contributed by atoms with van der Waals surface area (Å²) in [6.07, 6.45) is 4.30. The Balaban J connectivity index is 1.66. The number of hydrogen-bond donors (Lipinski definition) is 1. The highest BCUT2D eigenvalue weighted by Crippen LogP contribution is 2.43. The summed E-state index contributed by atoms with van der Waals surface area (Å²) in [6.45, 7) is 0.647. The Kier molecular flexibility index (Phi) is 4.32. The van der Waals surface area contributed by atoms with Gasteiger partial charge in [0, 0.05) is 29.9 Å². The summed E-state index contributed by atoms with van der Waals surface area (Å²) in [7, 11) is 2.09. The van der Waals surface area contributed by atoms with Crippen LogP contribution < -0.4 is 5.43 Å². The quantitative estimate of drug-likeness (QED) is 0.749. The van der Waals surface area contributed by atoms with E-state index in [1.54, 1.807) is 24.3 Å². The van der Waals surface area contributed by atoms with Gasteiger partial charge in [0.25, 0.3) is 0 Å². The van der Waals surface area contributed by atoms with Crippen molar-refractivity contribution in [3.8, 4) is 0 Å².